The van der Waals surface area contributed by atoms with Crippen molar-refractivity contribution in [3.05, 3.63) is 83.9 Å². The zero-order valence-electron chi connectivity index (χ0n) is 22.5. The van der Waals surface area contributed by atoms with Crippen molar-refractivity contribution in [3.8, 4) is 39.8 Å². The minimum absolute atomic E-state index is 0.134. The van der Waals surface area contributed by atoms with Crippen molar-refractivity contribution in [1.29, 1.82) is 0 Å². The highest BCUT2D eigenvalue weighted by Gasteiger charge is 2.21. The molecule has 4 rings (SSSR count). The molecule has 1 N–H and O–H groups in total. The number of carbonyl (C=O) groups is 1. The second-order valence-corrected chi connectivity index (χ2v) is 9.96. The van der Waals surface area contributed by atoms with Crippen LogP contribution in [0, 0.1) is 0 Å². The van der Waals surface area contributed by atoms with Gasteiger partial charge in [-0.2, -0.15) is 5.10 Å². The first kappa shape index (κ1) is 26.8. The number of aliphatic carboxylic acids is 1. The van der Waals surface area contributed by atoms with Crippen molar-refractivity contribution >= 4 is 5.97 Å². The van der Waals surface area contributed by atoms with Crippen LogP contribution in [0.3, 0.4) is 0 Å². The van der Waals surface area contributed by atoms with Gasteiger partial charge in [0.2, 0.25) is 0 Å². The largest absolute Gasteiger partial charge is 0.496 e. The molecular formula is C31H34N2O5. The third-order valence-corrected chi connectivity index (χ3v) is 6.23. The number of carboxylic acids is 1. The van der Waals surface area contributed by atoms with Gasteiger partial charge in [0.15, 0.2) is 6.61 Å². The van der Waals surface area contributed by atoms with Gasteiger partial charge >= 0.3 is 5.97 Å². The fraction of sp³-hybridized carbons (Fsp3) is 0.290. The summed E-state index contributed by atoms with van der Waals surface area (Å²) in [5.41, 5.74) is 5.03. The van der Waals surface area contributed by atoms with Crippen LogP contribution < -0.4 is 14.2 Å². The molecule has 0 radical (unpaired) electrons. The van der Waals surface area contributed by atoms with E-state index in [4.69, 9.17) is 19.3 Å². The second-order valence-electron chi connectivity index (χ2n) is 9.96. The zero-order chi connectivity index (χ0) is 27.3. The van der Waals surface area contributed by atoms with E-state index in [9.17, 15) is 9.90 Å². The van der Waals surface area contributed by atoms with E-state index in [0.717, 1.165) is 33.9 Å². The summed E-state index contributed by atoms with van der Waals surface area (Å²) in [4.78, 5) is 11.3. The van der Waals surface area contributed by atoms with E-state index in [1.54, 1.807) is 7.11 Å². The number of rotatable bonds is 10. The van der Waals surface area contributed by atoms with Crippen LogP contribution >= 0.6 is 0 Å². The van der Waals surface area contributed by atoms with Crippen LogP contribution in [0.1, 0.15) is 38.8 Å². The van der Waals surface area contributed by atoms with E-state index < -0.39 is 12.6 Å². The highest BCUT2D eigenvalue weighted by Crippen LogP contribution is 2.38. The average Bonchev–Trinajstić information content (AvgIpc) is 3.31. The predicted molar refractivity (Wildman–Crippen MR) is 148 cm³/mol. The van der Waals surface area contributed by atoms with E-state index in [-0.39, 0.29) is 5.41 Å². The lowest BCUT2D eigenvalue weighted by molar-refractivity contribution is -0.139. The van der Waals surface area contributed by atoms with Crippen LogP contribution in [0.15, 0.2) is 72.8 Å². The van der Waals surface area contributed by atoms with Crippen LogP contribution in [0.25, 0.3) is 22.5 Å². The Morgan fingerprint density at radius 3 is 2.29 bits per heavy atom. The van der Waals surface area contributed by atoms with Crippen molar-refractivity contribution < 1.29 is 24.1 Å². The average molecular weight is 515 g/mol. The molecule has 0 bridgehead atoms. The molecule has 4 aromatic rings. The quantitative estimate of drug-likeness (QED) is 0.262. The maximum Gasteiger partial charge on any atom is 0.341 e. The van der Waals surface area contributed by atoms with E-state index in [2.05, 4.69) is 20.8 Å². The molecule has 1 aromatic heterocycles. The topological polar surface area (TPSA) is 82.8 Å². The molecule has 0 saturated carbocycles. The Balaban J connectivity index is 1.89. The van der Waals surface area contributed by atoms with Gasteiger partial charge < -0.3 is 19.3 Å². The smallest absolute Gasteiger partial charge is 0.341 e. The van der Waals surface area contributed by atoms with Gasteiger partial charge in [-0.3, -0.25) is 4.68 Å². The highest BCUT2D eigenvalue weighted by molar-refractivity contribution is 5.76. The fourth-order valence-corrected chi connectivity index (χ4v) is 4.30. The monoisotopic (exact) mass is 514 g/mol. The lowest BCUT2D eigenvalue weighted by atomic mass is 9.86. The number of nitrogens with zero attached hydrogens (tertiary/aromatic N) is 2. The minimum atomic E-state index is -1.04. The van der Waals surface area contributed by atoms with Gasteiger partial charge in [-0.05, 0) is 54.3 Å². The standard InChI is InChI=1S/C31H34N2O5/c1-6-37-28-14-10-8-12-24(28)26-18-25(32-33(26)19-21-11-7-9-13-27(21)36-5)23-16-15-22(31(2,3)4)17-29(23)38-20-30(34)35/h7-18H,6,19-20H2,1-5H3,(H,34,35). The summed E-state index contributed by atoms with van der Waals surface area (Å²) in [5, 5.41) is 14.3. The van der Waals surface area contributed by atoms with Crippen molar-refractivity contribution in [2.75, 3.05) is 20.3 Å². The number of hydrogen-bond donors (Lipinski definition) is 1. The minimum Gasteiger partial charge on any atom is -0.496 e. The third kappa shape index (κ3) is 5.99. The molecule has 7 nitrogen and oxygen atoms in total. The molecule has 198 valence electrons. The summed E-state index contributed by atoms with van der Waals surface area (Å²) < 4.78 is 19.2. The van der Waals surface area contributed by atoms with Gasteiger partial charge in [-0.1, -0.05) is 57.2 Å². The van der Waals surface area contributed by atoms with Crippen LogP contribution in [0.2, 0.25) is 0 Å². The summed E-state index contributed by atoms with van der Waals surface area (Å²) in [5.74, 6) is 0.971. The summed E-state index contributed by atoms with van der Waals surface area (Å²) in [6.45, 7) is 8.83. The van der Waals surface area contributed by atoms with Gasteiger partial charge in [-0.25, -0.2) is 4.79 Å². The van der Waals surface area contributed by atoms with E-state index in [1.807, 2.05) is 84.4 Å². The number of benzene rings is 3. The van der Waals surface area contributed by atoms with Crippen LogP contribution in [0.4, 0.5) is 0 Å². The normalized spacial score (nSPS) is 11.3. The Morgan fingerprint density at radius 2 is 1.61 bits per heavy atom. The fourth-order valence-electron chi connectivity index (χ4n) is 4.30. The molecule has 0 unspecified atom stereocenters. The van der Waals surface area contributed by atoms with Gasteiger partial charge in [0, 0.05) is 16.7 Å². The number of ether oxygens (including phenoxy) is 3. The van der Waals surface area contributed by atoms with E-state index >= 15 is 0 Å². The van der Waals surface area contributed by atoms with Crippen molar-refractivity contribution in [3.63, 3.8) is 0 Å². The Bertz CT molecular complexity index is 1420. The molecule has 0 spiro atoms. The summed E-state index contributed by atoms with van der Waals surface area (Å²) in [7, 11) is 1.65. The lowest BCUT2D eigenvalue weighted by Gasteiger charge is -2.21. The molecule has 0 aliphatic carbocycles. The number of carboxylic acid groups (broad SMARTS) is 1. The first-order valence-corrected chi connectivity index (χ1v) is 12.6. The second kappa shape index (κ2) is 11.4. The Hall–Kier alpha value is -4.26. The summed E-state index contributed by atoms with van der Waals surface area (Å²) >= 11 is 0. The summed E-state index contributed by atoms with van der Waals surface area (Å²) in [6.07, 6.45) is 0. The van der Waals surface area contributed by atoms with Crippen LogP contribution in [-0.4, -0.2) is 41.2 Å². The molecule has 3 aromatic carbocycles. The van der Waals surface area contributed by atoms with Gasteiger partial charge in [0.25, 0.3) is 0 Å². The molecule has 0 aliphatic heterocycles. The molecule has 0 atom stereocenters. The molecule has 0 saturated heterocycles. The molecule has 7 heteroatoms. The lowest BCUT2D eigenvalue weighted by Crippen LogP contribution is -2.13. The molecule has 0 aliphatic rings. The Morgan fingerprint density at radius 1 is 0.895 bits per heavy atom. The third-order valence-electron chi connectivity index (χ3n) is 6.23. The number of para-hydroxylation sites is 2. The summed E-state index contributed by atoms with van der Waals surface area (Å²) in [6, 6.07) is 23.6. The number of methoxy groups -OCH3 is 1. The molecule has 38 heavy (non-hydrogen) atoms. The van der Waals surface area contributed by atoms with Gasteiger partial charge in [-0.15, -0.1) is 0 Å². The van der Waals surface area contributed by atoms with Crippen LogP contribution in [-0.2, 0) is 16.8 Å². The first-order valence-electron chi connectivity index (χ1n) is 12.6. The SMILES string of the molecule is CCOc1ccccc1-c1cc(-c2ccc(C(C)(C)C)cc2OCC(=O)O)nn1Cc1ccccc1OC. The molecular weight excluding hydrogens is 480 g/mol. The maximum absolute atomic E-state index is 11.3. The van der Waals surface area contributed by atoms with Crippen molar-refractivity contribution in [1.82, 2.24) is 9.78 Å². The van der Waals surface area contributed by atoms with Crippen molar-refractivity contribution in [2.45, 2.75) is 39.7 Å². The van der Waals surface area contributed by atoms with Gasteiger partial charge in [0.1, 0.15) is 17.2 Å². The van der Waals surface area contributed by atoms with Crippen LogP contribution in [0.5, 0.6) is 17.2 Å². The predicted octanol–water partition coefficient (Wildman–Crippen LogP) is 6.43. The Labute approximate surface area is 223 Å². The maximum atomic E-state index is 11.3. The number of hydrogen-bond acceptors (Lipinski definition) is 5. The first-order chi connectivity index (χ1) is 18.2. The zero-order valence-corrected chi connectivity index (χ0v) is 22.5. The van der Waals surface area contributed by atoms with Crippen molar-refractivity contribution in [2.24, 2.45) is 0 Å². The molecule has 0 amide bonds. The molecule has 1 heterocycles. The Kier molecular flexibility index (Phi) is 8.05. The van der Waals surface area contributed by atoms with E-state index in [1.165, 1.54) is 0 Å². The van der Waals surface area contributed by atoms with E-state index in [0.29, 0.717) is 30.2 Å². The van der Waals surface area contributed by atoms with Gasteiger partial charge in [0.05, 0.1) is 31.6 Å². The number of aromatic nitrogens is 2. The highest BCUT2D eigenvalue weighted by atomic mass is 16.5. The molecule has 0 fully saturated rings.